The Hall–Kier alpha value is -9.43. The largest absolute Gasteiger partial charge is 0.247 e. The van der Waals surface area contributed by atoms with Crippen molar-refractivity contribution in [2.75, 3.05) is 0 Å². The summed E-state index contributed by atoms with van der Waals surface area (Å²) in [7, 11) is 0. The molecule has 336 valence electrons. The van der Waals surface area contributed by atoms with Gasteiger partial charge in [-0.1, -0.05) is 231 Å². The second-order valence-electron chi connectivity index (χ2n) is 20.0. The van der Waals surface area contributed by atoms with E-state index >= 15 is 0 Å². The Labute approximate surface area is 422 Å². The van der Waals surface area contributed by atoms with Crippen molar-refractivity contribution < 1.29 is 0 Å². The van der Waals surface area contributed by atoms with Crippen LogP contribution in [0.2, 0.25) is 0 Å². The third-order valence-corrected chi connectivity index (χ3v) is 16.4. The van der Waals surface area contributed by atoms with E-state index in [4.69, 9.17) is 4.98 Å². The number of para-hydroxylation sites is 1. The van der Waals surface area contributed by atoms with E-state index in [2.05, 4.69) is 261 Å². The number of fused-ring (bicyclic) bond motifs is 18. The lowest BCUT2D eigenvalue weighted by Crippen LogP contribution is -2.25. The molecular weight excluding hydrogens is 879 g/mol. The molecule has 1 heteroatoms. The van der Waals surface area contributed by atoms with Crippen LogP contribution in [0.1, 0.15) is 22.3 Å². The molecule has 0 saturated heterocycles. The van der Waals surface area contributed by atoms with Gasteiger partial charge in [0.15, 0.2) is 0 Å². The molecule has 1 spiro atoms. The molecule has 0 fully saturated rings. The number of hydrogen-bond acceptors (Lipinski definition) is 1. The Morgan fingerprint density at radius 1 is 0.247 bits per heavy atom. The average molecular weight is 922 g/mol. The monoisotopic (exact) mass is 921 g/mol. The molecule has 2 aliphatic rings. The summed E-state index contributed by atoms with van der Waals surface area (Å²) in [5.74, 6) is 0. The first kappa shape index (κ1) is 40.3. The summed E-state index contributed by atoms with van der Waals surface area (Å²) >= 11 is 0. The van der Waals surface area contributed by atoms with Gasteiger partial charge in [-0.2, -0.15) is 0 Å². The molecule has 2 aliphatic carbocycles. The van der Waals surface area contributed by atoms with Crippen molar-refractivity contribution in [1.29, 1.82) is 0 Å². The molecule has 13 aromatic carbocycles. The topological polar surface area (TPSA) is 12.9 Å². The number of pyridine rings is 1. The molecule has 0 radical (unpaired) electrons. The summed E-state index contributed by atoms with van der Waals surface area (Å²) in [5.41, 5.74) is 20.5. The van der Waals surface area contributed by atoms with E-state index < -0.39 is 5.41 Å². The van der Waals surface area contributed by atoms with Crippen molar-refractivity contribution in [2.24, 2.45) is 0 Å². The SMILES string of the molecule is c1cc(-c2ccc3c(-c4ccc5ccccc5c4)c4ccccc4c(-c4ccc5ccccc5c4)c3c2)cc(-c2nc3ccccc3c3c4c(ccc23)C2(c3ccccc3-c3ccccc32)c2ccccc2-4)c1. The normalized spacial score (nSPS) is 13.0. The van der Waals surface area contributed by atoms with Gasteiger partial charge in [0.05, 0.1) is 16.6 Å². The first-order valence-electron chi connectivity index (χ1n) is 25.4. The summed E-state index contributed by atoms with van der Waals surface area (Å²) in [6, 6.07) is 97.3. The van der Waals surface area contributed by atoms with Crippen LogP contribution in [-0.2, 0) is 5.41 Å². The zero-order valence-electron chi connectivity index (χ0n) is 39.8. The second kappa shape index (κ2) is 15.3. The van der Waals surface area contributed by atoms with Crippen LogP contribution < -0.4 is 0 Å². The van der Waals surface area contributed by atoms with Gasteiger partial charge >= 0.3 is 0 Å². The van der Waals surface area contributed by atoms with Gasteiger partial charge in [0, 0.05) is 21.7 Å². The first-order chi connectivity index (χ1) is 36.2. The summed E-state index contributed by atoms with van der Waals surface area (Å²) in [5, 5.41) is 13.5. The van der Waals surface area contributed by atoms with Crippen LogP contribution >= 0.6 is 0 Å². The number of benzene rings is 13. The predicted octanol–water partition coefficient (Wildman–Crippen LogP) is 19.0. The maximum atomic E-state index is 5.58. The van der Waals surface area contributed by atoms with Crippen molar-refractivity contribution in [3.05, 3.63) is 283 Å². The third-order valence-electron chi connectivity index (χ3n) is 16.4. The van der Waals surface area contributed by atoms with E-state index in [-0.39, 0.29) is 0 Å². The average Bonchev–Trinajstić information content (AvgIpc) is 3.95. The van der Waals surface area contributed by atoms with Crippen LogP contribution in [0.5, 0.6) is 0 Å². The van der Waals surface area contributed by atoms with Crippen molar-refractivity contribution in [3.8, 4) is 66.9 Å². The lowest BCUT2D eigenvalue weighted by molar-refractivity contribution is 0.794. The Morgan fingerprint density at radius 2 is 0.726 bits per heavy atom. The lowest BCUT2D eigenvalue weighted by atomic mass is 9.70. The minimum Gasteiger partial charge on any atom is -0.247 e. The molecule has 0 bridgehead atoms. The molecule has 0 atom stereocenters. The number of nitrogens with zero attached hydrogens (tertiary/aromatic N) is 1. The number of rotatable bonds is 4. The Morgan fingerprint density at radius 3 is 1.40 bits per heavy atom. The van der Waals surface area contributed by atoms with Crippen LogP contribution in [0.3, 0.4) is 0 Å². The summed E-state index contributed by atoms with van der Waals surface area (Å²) in [4.78, 5) is 5.58. The molecule has 14 aromatic rings. The van der Waals surface area contributed by atoms with Crippen LogP contribution in [-0.4, -0.2) is 4.98 Å². The number of aromatic nitrogens is 1. The first-order valence-corrected chi connectivity index (χ1v) is 25.4. The van der Waals surface area contributed by atoms with Crippen molar-refractivity contribution in [2.45, 2.75) is 5.41 Å². The smallest absolute Gasteiger partial charge is 0.0788 e. The maximum Gasteiger partial charge on any atom is 0.0788 e. The van der Waals surface area contributed by atoms with E-state index in [0.717, 1.165) is 33.3 Å². The predicted molar refractivity (Wildman–Crippen MR) is 307 cm³/mol. The van der Waals surface area contributed by atoms with Gasteiger partial charge in [0.2, 0.25) is 0 Å². The van der Waals surface area contributed by atoms with Crippen molar-refractivity contribution in [1.82, 2.24) is 4.98 Å². The van der Waals surface area contributed by atoms with Crippen LogP contribution in [0.25, 0.3) is 132 Å². The molecule has 73 heavy (non-hydrogen) atoms. The fraction of sp³-hybridized carbons (Fsp3) is 0.0139. The minimum atomic E-state index is -0.432. The van der Waals surface area contributed by atoms with Gasteiger partial charge in [0.25, 0.3) is 0 Å². The van der Waals surface area contributed by atoms with E-state index in [1.54, 1.807) is 0 Å². The highest BCUT2D eigenvalue weighted by Crippen LogP contribution is 2.64. The molecule has 0 amide bonds. The standard InChI is InChI=1S/C72H43N/c1-3-18-46-40-50(34-32-44(46)16-1)67-55-24-5-6-25-56(55)68(51-35-33-45-17-2-4-19-47(45)41-51)61-43-49(36-37-57(61)67)48-20-15-21-52(42-48)71-60-38-39-65-70(69(60)59-27-10-14-31-66(59)73-71)58-26-9-13-30-64(58)72(65)62-28-11-7-22-53(62)54-23-8-12-29-63(54)72/h1-43H. The number of hydrogen-bond donors (Lipinski definition) is 0. The van der Waals surface area contributed by atoms with Crippen molar-refractivity contribution >= 4 is 64.8 Å². The molecule has 1 aromatic heterocycles. The second-order valence-corrected chi connectivity index (χ2v) is 20.0. The Bertz CT molecular complexity index is 4640. The molecule has 1 heterocycles. The molecule has 1 nitrogen and oxygen atoms in total. The van der Waals surface area contributed by atoms with Crippen LogP contribution in [0.4, 0.5) is 0 Å². The van der Waals surface area contributed by atoms with Crippen molar-refractivity contribution in [3.63, 3.8) is 0 Å². The fourth-order valence-corrected chi connectivity index (χ4v) is 13.4. The fourth-order valence-electron chi connectivity index (χ4n) is 13.4. The maximum absolute atomic E-state index is 5.58. The molecule has 0 aliphatic heterocycles. The Balaban J connectivity index is 0.932. The molecule has 0 saturated carbocycles. The van der Waals surface area contributed by atoms with Gasteiger partial charge in [-0.05, 0) is 151 Å². The molecule has 0 unspecified atom stereocenters. The van der Waals surface area contributed by atoms with E-state index in [0.29, 0.717) is 0 Å². The van der Waals surface area contributed by atoms with Gasteiger partial charge in [-0.15, -0.1) is 0 Å². The summed E-state index contributed by atoms with van der Waals surface area (Å²) in [6.45, 7) is 0. The lowest BCUT2D eigenvalue weighted by Gasteiger charge is -2.30. The van der Waals surface area contributed by atoms with Crippen LogP contribution in [0, 0.1) is 0 Å². The molecular formula is C72H43N. The highest BCUT2D eigenvalue weighted by Gasteiger charge is 2.52. The quantitative estimate of drug-likeness (QED) is 0.127. The van der Waals surface area contributed by atoms with Gasteiger partial charge in [-0.3, -0.25) is 0 Å². The highest BCUT2D eigenvalue weighted by atomic mass is 14.7. The minimum absolute atomic E-state index is 0.432. The third kappa shape index (κ3) is 5.65. The zero-order valence-corrected chi connectivity index (χ0v) is 39.8. The highest BCUT2D eigenvalue weighted by molar-refractivity contribution is 6.23. The summed E-state index contributed by atoms with van der Waals surface area (Å²) < 4.78 is 0. The Kier molecular flexibility index (Phi) is 8.44. The summed E-state index contributed by atoms with van der Waals surface area (Å²) in [6.07, 6.45) is 0. The van der Waals surface area contributed by atoms with Crippen LogP contribution in [0.15, 0.2) is 261 Å². The molecule has 0 N–H and O–H groups in total. The molecule has 16 rings (SSSR count). The van der Waals surface area contributed by atoms with Gasteiger partial charge in [0.1, 0.15) is 0 Å². The van der Waals surface area contributed by atoms with Gasteiger partial charge < -0.3 is 0 Å². The van der Waals surface area contributed by atoms with E-state index in [9.17, 15) is 0 Å². The zero-order chi connectivity index (χ0) is 47.8. The van der Waals surface area contributed by atoms with Gasteiger partial charge in [-0.25, -0.2) is 4.98 Å². The van der Waals surface area contributed by atoms with E-state index in [1.807, 2.05) is 0 Å². The van der Waals surface area contributed by atoms with E-state index in [1.165, 1.54) is 121 Å².